The molecule has 2 fully saturated rings. The standard InChI is InChI=1S/C23H30N6O2/c1-14-19-18(8-9-24-21(19)26-20(14)15-10-25-27(5)11-15)28-12-16-6-7-17(13-28)29(16)22(30)31-23(2,3)4/h8-11,16-17H,6-7,12-13H2,1-5H3,(H,24,26). The van der Waals surface area contributed by atoms with Crippen LogP contribution in [0.15, 0.2) is 24.7 Å². The molecule has 2 aliphatic heterocycles. The Balaban J connectivity index is 1.46. The van der Waals surface area contributed by atoms with E-state index in [1.54, 1.807) is 0 Å². The summed E-state index contributed by atoms with van der Waals surface area (Å²) in [5, 5.41) is 5.46. The highest BCUT2D eigenvalue weighted by Crippen LogP contribution is 2.39. The van der Waals surface area contributed by atoms with E-state index in [4.69, 9.17) is 4.74 Å². The van der Waals surface area contributed by atoms with Gasteiger partial charge in [0.2, 0.25) is 0 Å². The highest BCUT2D eigenvalue weighted by Gasteiger charge is 2.44. The third-order valence-corrected chi connectivity index (χ3v) is 6.34. The molecule has 2 aliphatic rings. The number of nitrogens with one attached hydrogen (secondary N) is 1. The van der Waals surface area contributed by atoms with Crippen molar-refractivity contribution in [1.29, 1.82) is 0 Å². The summed E-state index contributed by atoms with van der Waals surface area (Å²) >= 11 is 0. The minimum Gasteiger partial charge on any atom is -0.444 e. The predicted molar refractivity (Wildman–Crippen MR) is 120 cm³/mol. The van der Waals surface area contributed by atoms with Crippen molar-refractivity contribution in [1.82, 2.24) is 24.6 Å². The quantitative estimate of drug-likeness (QED) is 0.678. The number of pyridine rings is 1. The molecular weight excluding hydrogens is 392 g/mol. The van der Waals surface area contributed by atoms with Gasteiger partial charge in [-0.3, -0.25) is 9.58 Å². The largest absolute Gasteiger partial charge is 0.444 e. The lowest BCUT2D eigenvalue weighted by molar-refractivity contribution is 0.0123. The summed E-state index contributed by atoms with van der Waals surface area (Å²) in [5.41, 5.74) is 4.87. The van der Waals surface area contributed by atoms with Crippen molar-refractivity contribution in [3.63, 3.8) is 0 Å². The first-order chi connectivity index (χ1) is 14.7. The molecule has 3 aromatic heterocycles. The van der Waals surface area contributed by atoms with E-state index >= 15 is 0 Å². The molecule has 5 rings (SSSR count). The van der Waals surface area contributed by atoms with E-state index in [-0.39, 0.29) is 18.2 Å². The Kier molecular flexibility index (Phi) is 4.50. The maximum absolute atomic E-state index is 12.8. The number of piperazine rings is 1. The van der Waals surface area contributed by atoms with Gasteiger partial charge in [0.05, 0.1) is 24.0 Å². The molecule has 0 radical (unpaired) electrons. The average molecular weight is 423 g/mol. The number of hydrogen-bond donors (Lipinski definition) is 1. The molecule has 2 bridgehead atoms. The van der Waals surface area contributed by atoms with Gasteiger partial charge in [-0.2, -0.15) is 5.10 Å². The van der Waals surface area contributed by atoms with Gasteiger partial charge in [-0.25, -0.2) is 9.78 Å². The zero-order chi connectivity index (χ0) is 21.9. The Morgan fingerprint density at radius 2 is 1.94 bits per heavy atom. The summed E-state index contributed by atoms with van der Waals surface area (Å²) in [4.78, 5) is 25.3. The van der Waals surface area contributed by atoms with Crippen LogP contribution < -0.4 is 4.90 Å². The van der Waals surface area contributed by atoms with Crippen LogP contribution in [0.5, 0.6) is 0 Å². The Morgan fingerprint density at radius 1 is 1.23 bits per heavy atom. The summed E-state index contributed by atoms with van der Waals surface area (Å²) in [6, 6.07) is 2.45. The Bertz CT molecular complexity index is 1130. The molecule has 3 aromatic rings. The fourth-order valence-electron chi connectivity index (χ4n) is 5.07. The third kappa shape index (κ3) is 3.43. The van der Waals surface area contributed by atoms with Crippen LogP contribution in [0.2, 0.25) is 0 Å². The molecule has 1 N–H and O–H groups in total. The van der Waals surface area contributed by atoms with E-state index in [0.717, 1.165) is 48.2 Å². The highest BCUT2D eigenvalue weighted by molar-refractivity contribution is 5.97. The zero-order valence-corrected chi connectivity index (χ0v) is 18.8. The second kappa shape index (κ2) is 7.00. The van der Waals surface area contributed by atoms with Gasteiger partial charge in [-0.1, -0.05) is 0 Å². The molecule has 164 valence electrons. The van der Waals surface area contributed by atoms with Crippen molar-refractivity contribution in [3.8, 4) is 11.3 Å². The molecule has 2 unspecified atom stereocenters. The van der Waals surface area contributed by atoms with Crippen LogP contribution in [0.1, 0.15) is 39.2 Å². The van der Waals surface area contributed by atoms with Crippen LogP contribution in [0.4, 0.5) is 10.5 Å². The second-order valence-corrected chi connectivity index (χ2v) is 9.76. The first-order valence-electron chi connectivity index (χ1n) is 10.9. The maximum atomic E-state index is 12.8. The molecule has 0 saturated carbocycles. The number of rotatable bonds is 2. The number of amides is 1. The molecule has 2 saturated heterocycles. The van der Waals surface area contributed by atoms with E-state index in [0.29, 0.717) is 0 Å². The normalized spacial score (nSPS) is 21.2. The summed E-state index contributed by atoms with van der Waals surface area (Å²) in [6.07, 6.45) is 7.59. The summed E-state index contributed by atoms with van der Waals surface area (Å²) in [7, 11) is 1.92. The number of H-pyrrole nitrogens is 1. The Morgan fingerprint density at radius 3 is 2.55 bits per heavy atom. The van der Waals surface area contributed by atoms with Crippen LogP contribution in [0, 0.1) is 6.92 Å². The van der Waals surface area contributed by atoms with Gasteiger partial charge in [0.25, 0.3) is 0 Å². The fraction of sp³-hybridized carbons (Fsp3) is 0.522. The molecule has 5 heterocycles. The lowest BCUT2D eigenvalue weighted by Gasteiger charge is -2.42. The van der Waals surface area contributed by atoms with E-state index < -0.39 is 5.60 Å². The predicted octanol–water partition coefficient (Wildman–Crippen LogP) is 3.86. The van der Waals surface area contributed by atoms with E-state index in [2.05, 4.69) is 33.0 Å². The molecule has 2 atom stereocenters. The summed E-state index contributed by atoms with van der Waals surface area (Å²) in [5.74, 6) is 0. The van der Waals surface area contributed by atoms with Gasteiger partial charge in [0, 0.05) is 49.2 Å². The number of ether oxygens (including phenoxy) is 1. The second-order valence-electron chi connectivity index (χ2n) is 9.76. The number of carbonyl (C=O) groups excluding carboxylic acids is 1. The van der Waals surface area contributed by atoms with Gasteiger partial charge in [0.15, 0.2) is 0 Å². The Hall–Kier alpha value is -3.03. The smallest absolute Gasteiger partial charge is 0.410 e. The van der Waals surface area contributed by atoms with Crippen molar-refractivity contribution in [2.75, 3.05) is 18.0 Å². The summed E-state index contributed by atoms with van der Waals surface area (Å²) in [6.45, 7) is 9.52. The fourth-order valence-corrected chi connectivity index (χ4v) is 5.07. The average Bonchev–Trinajstić information content (AvgIpc) is 3.34. The maximum Gasteiger partial charge on any atom is 0.410 e. The number of anilines is 1. The third-order valence-electron chi connectivity index (χ3n) is 6.34. The van der Waals surface area contributed by atoms with Crippen LogP contribution in [0.3, 0.4) is 0 Å². The monoisotopic (exact) mass is 422 g/mol. The van der Waals surface area contributed by atoms with Crippen molar-refractivity contribution in [3.05, 3.63) is 30.2 Å². The molecule has 8 nitrogen and oxygen atoms in total. The summed E-state index contributed by atoms with van der Waals surface area (Å²) < 4.78 is 7.50. The van der Waals surface area contributed by atoms with Crippen LogP contribution >= 0.6 is 0 Å². The topological polar surface area (TPSA) is 79.3 Å². The van der Waals surface area contributed by atoms with Crippen molar-refractivity contribution in [2.24, 2.45) is 7.05 Å². The zero-order valence-electron chi connectivity index (χ0n) is 18.8. The number of nitrogens with zero attached hydrogens (tertiary/aromatic N) is 5. The molecule has 0 spiro atoms. The molecule has 8 heteroatoms. The lowest BCUT2D eigenvalue weighted by atomic mass is 10.1. The van der Waals surface area contributed by atoms with Gasteiger partial charge in [0.1, 0.15) is 11.2 Å². The van der Waals surface area contributed by atoms with E-state index in [9.17, 15) is 4.79 Å². The van der Waals surface area contributed by atoms with Crippen molar-refractivity contribution in [2.45, 2.75) is 58.2 Å². The lowest BCUT2D eigenvalue weighted by Crippen LogP contribution is -2.56. The number of aromatic nitrogens is 4. The van der Waals surface area contributed by atoms with E-state index in [1.165, 1.54) is 11.3 Å². The van der Waals surface area contributed by atoms with Crippen molar-refractivity contribution >= 4 is 22.8 Å². The molecular formula is C23H30N6O2. The van der Waals surface area contributed by atoms with E-state index in [1.807, 2.05) is 56.0 Å². The van der Waals surface area contributed by atoms with Gasteiger partial charge < -0.3 is 14.6 Å². The van der Waals surface area contributed by atoms with Crippen LogP contribution in [-0.4, -0.2) is 61.5 Å². The minimum absolute atomic E-state index is 0.175. The SMILES string of the molecule is Cc1c(-c2cnn(C)c2)[nH]c2nccc(N3CC4CCC(C3)N4C(=O)OC(C)(C)C)c12. The highest BCUT2D eigenvalue weighted by atomic mass is 16.6. The van der Waals surface area contributed by atoms with Gasteiger partial charge >= 0.3 is 6.09 Å². The minimum atomic E-state index is -0.476. The molecule has 0 aliphatic carbocycles. The molecule has 31 heavy (non-hydrogen) atoms. The van der Waals surface area contributed by atoms with Crippen molar-refractivity contribution < 1.29 is 9.53 Å². The first kappa shape index (κ1) is 19.9. The van der Waals surface area contributed by atoms with Gasteiger partial charge in [-0.15, -0.1) is 0 Å². The number of aromatic amines is 1. The molecule has 1 amide bonds. The molecule has 0 aromatic carbocycles. The number of aryl methyl sites for hydroxylation is 2. The van der Waals surface area contributed by atoms with Gasteiger partial charge in [-0.05, 0) is 52.2 Å². The van der Waals surface area contributed by atoms with Crippen LogP contribution in [-0.2, 0) is 11.8 Å². The number of fused-ring (bicyclic) bond motifs is 3. The van der Waals surface area contributed by atoms with Crippen LogP contribution in [0.25, 0.3) is 22.3 Å². The first-order valence-corrected chi connectivity index (χ1v) is 10.9. The number of carbonyl (C=O) groups is 1. The number of hydrogen-bond acceptors (Lipinski definition) is 5. The Labute approximate surface area is 182 Å².